The Morgan fingerprint density at radius 1 is 1.25 bits per heavy atom. The zero-order valence-electron chi connectivity index (χ0n) is 15.1. The molecule has 4 atom stereocenters. The first-order valence-corrected chi connectivity index (χ1v) is 9.40. The lowest BCUT2D eigenvalue weighted by atomic mass is 9.69. The van der Waals surface area contributed by atoms with Gasteiger partial charge < -0.3 is 10.2 Å². The van der Waals surface area contributed by atoms with Gasteiger partial charge in [0.2, 0.25) is 0 Å². The molecular formula is C20H29N3O. The highest BCUT2D eigenvalue weighted by Crippen LogP contribution is 2.65. The van der Waals surface area contributed by atoms with E-state index in [1.807, 2.05) is 29.4 Å². The second-order valence-electron chi connectivity index (χ2n) is 8.74. The van der Waals surface area contributed by atoms with E-state index in [2.05, 4.69) is 31.1 Å². The number of pyridine rings is 1. The Bertz CT molecular complexity index is 629. The summed E-state index contributed by atoms with van der Waals surface area (Å²) in [7, 11) is 0. The van der Waals surface area contributed by atoms with Crippen LogP contribution < -0.4 is 5.32 Å². The Morgan fingerprint density at radius 2 is 2.00 bits per heavy atom. The van der Waals surface area contributed by atoms with E-state index in [1.165, 1.54) is 18.4 Å². The quantitative estimate of drug-likeness (QED) is 0.887. The maximum absolute atomic E-state index is 13.0. The molecule has 1 aliphatic heterocycles. The van der Waals surface area contributed by atoms with E-state index in [9.17, 15) is 4.79 Å². The molecule has 1 aromatic rings. The molecular weight excluding hydrogens is 298 g/mol. The van der Waals surface area contributed by atoms with Crippen molar-refractivity contribution in [2.75, 3.05) is 6.54 Å². The van der Waals surface area contributed by atoms with Crippen molar-refractivity contribution >= 4 is 6.03 Å². The van der Waals surface area contributed by atoms with Crippen molar-refractivity contribution in [2.45, 2.75) is 65.0 Å². The number of carbonyl (C=O) groups is 1. The summed E-state index contributed by atoms with van der Waals surface area (Å²) in [6.07, 6.45) is 9.47. The predicted molar refractivity (Wildman–Crippen MR) is 94.5 cm³/mol. The lowest BCUT2D eigenvalue weighted by molar-refractivity contribution is 0.116. The molecule has 1 saturated heterocycles. The number of nitrogens with one attached hydrogen (secondary N) is 1. The molecule has 0 spiro atoms. The molecule has 0 unspecified atom stereocenters. The van der Waals surface area contributed by atoms with Crippen LogP contribution in [0.2, 0.25) is 0 Å². The number of urea groups is 1. The van der Waals surface area contributed by atoms with E-state index in [0.717, 1.165) is 31.7 Å². The van der Waals surface area contributed by atoms with Gasteiger partial charge in [0.15, 0.2) is 0 Å². The maximum Gasteiger partial charge on any atom is 0.318 e. The van der Waals surface area contributed by atoms with E-state index in [-0.39, 0.29) is 17.5 Å². The molecule has 130 valence electrons. The van der Waals surface area contributed by atoms with Crippen molar-refractivity contribution in [3.8, 4) is 0 Å². The van der Waals surface area contributed by atoms with Gasteiger partial charge in [-0.15, -0.1) is 0 Å². The van der Waals surface area contributed by atoms with Gasteiger partial charge in [-0.1, -0.05) is 20.8 Å². The summed E-state index contributed by atoms with van der Waals surface area (Å²) in [5.41, 5.74) is 1.77. The van der Waals surface area contributed by atoms with Gasteiger partial charge in [-0.2, -0.15) is 0 Å². The van der Waals surface area contributed by atoms with Crippen LogP contribution in [-0.4, -0.2) is 28.5 Å². The van der Waals surface area contributed by atoms with Crippen LogP contribution in [0, 0.1) is 16.7 Å². The van der Waals surface area contributed by atoms with Gasteiger partial charge in [0.1, 0.15) is 0 Å². The third kappa shape index (κ3) is 2.18. The van der Waals surface area contributed by atoms with Crippen LogP contribution in [0.25, 0.3) is 0 Å². The molecule has 24 heavy (non-hydrogen) atoms. The largest absolute Gasteiger partial charge is 0.335 e. The second-order valence-corrected chi connectivity index (χ2v) is 8.74. The number of hydrogen-bond donors (Lipinski definition) is 1. The number of amides is 2. The first kappa shape index (κ1) is 15.9. The Labute approximate surface area is 145 Å². The molecule has 3 aliphatic rings. The number of hydrogen-bond acceptors (Lipinski definition) is 2. The van der Waals surface area contributed by atoms with Gasteiger partial charge in [0.25, 0.3) is 0 Å². The smallest absolute Gasteiger partial charge is 0.318 e. The zero-order valence-corrected chi connectivity index (χ0v) is 15.1. The first-order valence-electron chi connectivity index (χ1n) is 9.40. The standard InChI is InChI=1S/C20H29N3O/c1-19(2)15-6-9-20(19,3)17(13-15)22-18(24)23-12-4-5-16(23)14-7-10-21-11-8-14/h7-8,10-11,15-17H,4-6,9,12-13H2,1-3H3,(H,22,24)/t15-,16-,17-,20-/m0/s1. The van der Waals surface area contributed by atoms with Crippen LogP contribution in [-0.2, 0) is 0 Å². The van der Waals surface area contributed by atoms with Crippen molar-refractivity contribution in [2.24, 2.45) is 16.7 Å². The van der Waals surface area contributed by atoms with Crippen molar-refractivity contribution in [1.82, 2.24) is 15.2 Å². The zero-order chi connectivity index (χ0) is 16.9. The predicted octanol–water partition coefficient (Wildman–Crippen LogP) is 4.14. The topological polar surface area (TPSA) is 45.2 Å². The van der Waals surface area contributed by atoms with E-state index in [1.54, 1.807) is 0 Å². The average Bonchev–Trinajstić information content (AvgIpc) is 3.19. The number of carbonyl (C=O) groups excluding carboxylic acids is 1. The average molecular weight is 327 g/mol. The fourth-order valence-electron chi connectivity index (χ4n) is 5.60. The van der Waals surface area contributed by atoms with Crippen LogP contribution >= 0.6 is 0 Å². The summed E-state index contributed by atoms with van der Waals surface area (Å²) in [6.45, 7) is 8.03. The van der Waals surface area contributed by atoms with Gasteiger partial charge in [0.05, 0.1) is 6.04 Å². The monoisotopic (exact) mass is 327 g/mol. The van der Waals surface area contributed by atoms with Gasteiger partial charge in [0, 0.05) is 25.0 Å². The van der Waals surface area contributed by atoms with E-state index in [0.29, 0.717) is 11.5 Å². The summed E-state index contributed by atoms with van der Waals surface area (Å²) in [4.78, 5) is 19.2. The fourth-order valence-corrected chi connectivity index (χ4v) is 5.60. The fraction of sp³-hybridized carbons (Fsp3) is 0.700. The normalized spacial score (nSPS) is 37.0. The van der Waals surface area contributed by atoms with Crippen LogP contribution in [0.5, 0.6) is 0 Å². The molecule has 2 amide bonds. The minimum absolute atomic E-state index is 0.129. The summed E-state index contributed by atoms with van der Waals surface area (Å²) in [6, 6.07) is 4.73. The van der Waals surface area contributed by atoms with Crippen molar-refractivity contribution < 1.29 is 4.79 Å². The lowest BCUT2D eigenvalue weighted by Crippen LogP contribution is -2.51. The lowest BCUT2D eigenvalue weighted by Gasteiger charge is -2.40. The number of fused-ring (bicyclic) bond motifs is 2. The molecule has 4 rings (SSSR count). The van der Waals surface area contributed by atoms with E-state index >= 15 is 0 Å². The Kier molecular flexibility index (Phi) is 3.63. The van der Waals surface area contributed by atoms with Crippen molar-refractivity contribution in [3.63, 3.8) is 0 Å². The molecule has 4 heteroatoms. The summed E-state index contributed by atoms with van der Waals surface area (Å²) < 4.78 is 0. The highest BCUT2D eigenvalue weighted by atomic mass is 16.2. The van der Waals surface area contributed by atoms with Crippen LogP contribution in [0.15, 0.2) is 24.5 Å². The molecule has 4 nitrogen and oxygen atoms in total. The third-order valence-corrected chi connectivity index (χ3v) is 7.70. The summed E-state index contributed by atoms with van der Waals surface area (Å²) in [5.74, 6) is 0.752. The minimum atomic E-state index is 0.129. The van der Waals surface area contributed by atoms with Gasteiger partial charge >= 0.3 is 6.03 Å². The molecule has 1 aromatic heterocycles. The molecule has 2 heterocycles. The van der Waals surface area contributed by atoms with Crippen molar-refractivity contribution in [1.29, 1.82) is 0 Å². The first-order chi connectivity index (χ1) is 11.4. The van der Waals surface area contributed by atoms with Crippen LogP contribution in [0.4, 0.5) is 4.79 Å². The molecule has 3 fully saturated rings. The number of likely N-dealkylation sites (tertiary alicyclic amines) is 1. The van der Waals surface area contributed by atoms with Crippen molar-refractivity contribution in [3.05, 3.63) is 30.1 Å². The third-order valence-electron chi connectivity index (χ3n) is 7.70. The SMILES string of the molecule is CC1(C)[C@H]2CC[C@@]1(C)[C@@H](NC(=O)N1CCC[C@H]1c1ccncc1)C2. The number of rotatable bonds is 2. The summed E-state index contributed by atoms with van der Waals surface area (Å²) in [5, 5.41) is 3.42. The van der Waals surface area contributed by atoms with Crippen LogP contribution in [0.3, 0.4) is 0 Å². The number of aromatic nitrogens is 1. The second kappa shape index (κ2) is 5.47. The number of nitrogens with zero attached hydrogens (tertiary/aromatic N) is 2. The van der Waals surface area contributed by atoms with E-state index in [4.69, 9.17) is 0 Å². The Hall–Kier alpha value is -1.58. The Morgan fingerprint density at radius 3 is 2.62 bits per heavy atom. The molecule has 2 bridgehead atoms. The van der Waals surface area contributed by atoms with Crippen LogP contribution in [0.1, 0.15) is 64.5 Å². The van der Waals surface area contributed by atoms with Gasteiger partial charge in [-0.05, 0) is 66.5 Å². The maximum atomic E-state index is 13.0. The molecule has 1 N–H and O–H groups in total. The molecule has 2 aliphatic carbocycles. The highest BCUT2D eigenvalue weighted by Gasteiger charge is 2.61. The van der Waals surface area contributed by atoms with Gasteiger partial charge in [-0.25, -0.2) is 4.79 Å². The minimum Gasteiger partial charge on any atom is -0.335 e. The summed E-state index contributed by atoms with van der Waals surface area (Å²) >= 11 is 0. The highest BCUT2D eigenvalue weighted by molar-refractivity contribution is 5.75. The Balaban J connectivity index is 1.49. The van der Waals surface area contributed by atoms with Gasteiger partial charge in [-0.3, -0.25) is 4.98 Å². The molecule has 0 aromatic carbocycles. The van der Waals surface area contributed by atoms with E-state index < -0.39 is 0 Å². The molecule has 0 radical (unpaired) electrons. The molecule has 2 saturated carbocycles.